The molecule has 0 bridgehead atoms. The molecule has 0 aliphatic carbocycles. The van der Waals surface area contributed by atoms with E-state index in [9.17, 15) is 30.3 Å². The number of nitrogens with one attached hydrogen (secondary N) is 1. The molecule has 0 aromatic rings. The van der Waals surface area contributed by atoms with E-state index in [4.69, 9.17) is 9.47 Å². The topological polar surface area (TPSA) is 149 Å². The van der Waals surface area contributed by atoms with Crippen molar-refractivity contribution in [3.8, 4) is 0 Å². The Morgan fingerprint density at radius 2 is 1.12 bits per heavy atom. The summed E-state index contributed by atoms with van der Waals surface area (Å²) in [7, 11) is 0. The first-order valence-corrected chi connectivity index (χ1v) is 20.7. The maximum atomic E-state index is 12.8. The van der Waals surface area contributed by atoms with E-state index in [1.54, 1.807) is 6.08 Å². The Bertz CT molecular complexity index is 894. The maximum absolute atomic E-state index is 12.8. The third-order valence-corrected chi connectivity index (χ3v) is 9.69. The van der Waals surface area contributed by atoms with Gasteiger partial charge in [0.1, 0.15) is 24.4 Å². The van der Waals surface area contributed by atoms with Crippen LogP contribution >= 0.6 is 0 Å². The van der Waals surface area contributed by atoms with E-state index >= 15 is 0 Å². The van der Waals surface area contributed by atoms with Crippen LogP contribution in [-0.2, 0) is 14.3 Å². The first-order valence-electron chi connectivity index (χ1n) is 20.7. The highest BCUT2D eigenvalue weighted by Crippen LogP contribution is 2.22. The standard InChI is InChI=1S/C42H77NO8/c1-3-5-7-9-11-13-14-15-16-17-18-19-20-21-22-24-25-27-29-31-36(45)35(34-50-42-41(49)40(48)39(47)37(33-44)51-42)43-38(46)32-30-28-26-23-12-10-8-6-4-2/h22-24,26,29,31,35-37,39-42,44-45,47-49H,3-21,25,27-28,30,32-34H2,1-2H3,(H,43,46)/b24-22+,26-23-,31-29+. The van der Waals surface area contributed by atoms with E-state index in [1.807, 2.05) is 6.08 Å². The van der Waals surface area contributed by atoms with Crippen LogP contribution in [0.25, 0.3) is 0 Å². The van der Waals surface area contributed by atoms with Crippen LogP contribution in [0.4, 0.5) is 0 Å². The fraction of sp³-hybridized carbons (Fsp3) is 0.833. The van der Waals surface area contributed by atoms with Crippen molar-refractivity contribution in [1.82, 2.24) is 5.32 Å². The van der Waals surface area contributed by atoms with Crippen molar-refractivity contribution in [2.45, 2.75) is 211 Å². The van der Waals surface area contributed by atoms with Crippen LogP contribution in [0.2, 0.25) is 0 Å². The number of ether oxygens (including phenoxy) is 2. The van der Waals surface area contributed by atoms with Gasteiger partial charge in [-0.1, -0.05) is 147 Å². The summed E-state index contributed by atoms with van der Waals surface area (Å²) in [4.78, 5) is 12.8. The lowest BCUT2D eigenvalue weighted by atomic mass is 9.99. The Morgan fingerprint density at radius 1 is 0.647 bits per heavy atom. The zero-order valence-corrected chi connectivity index (χ0v) is 32.4. The molecule has 1 rings (SSSR count). The highest BCUT2D eigenvalue weighted by molar-refractivity contribution is 5.76. The molecular formula is C42H77NO8. The number of carbonyl (C=O) groups is 1. The summed E-state index contributed by atoms with van der Waals surface area (Å²) < 4.78 is 11.1. The third kappa shape index (κ3) is 24.4. The van der Waals surface area contributed by atoms with Gasteiger partial charge >= 0.3 is 0 Å². The fourth-order valence-corrected chi connectivity index (χ4v) is 6.29. The molecule has 51 heavy (non-hydrogen) atoms. The van der Waals surface area contributed by atoms with Crippen LogP contribution in [0.3, 0.4) is 0 Å². The summed E-state index contributed by atoms with van der Waals surface area (Å²) in [5.74, 6) is -0.225. The Kier molecular flexibility index (Phi) is 30.7. The van der Waals surface area contributed by atoms with Gasteiger partial charge in [-0.3, -0.25) is 4.79 Å². The second kappa shape index (κ2) is 33.0. The molecule has 0 radical (unpaired) electrons. The minimum Gasteiger partial charge on any atom is -0.394 e. The van der Waals surface area contributed by atoms with Gasteiger partial charge in [0.25, 0.3) is 0 Å². The van der Waals surface area contributed by atoms with Gasteiger partial charge in [-0.2, -0.15) is 0 Å². The van der Waals surface area contributed by atoms with E-state index in [2.05, 4.69) is 43.5 Å². The molecule has 298 valence electrons. The highest BCUT2D eigenvalue weighted by Gasteiger charge is 2.44. The molecule has 1 amide bonds. The van der Waals surface area contributed by atoms with E-state index < -0.39 is 49.5 Å². The van der Waals surface area contributed by atoms with E-state index in [-0.39, 0.29) is 18.9 Å². The first-order chi connectivity index (χ1) is 24.8. The van der Waals surface area contributed by atoms with Crippen molar-refractivity contribution in [3.63, 3.8) is 0 Å². The molecule has 0 spiro atoms. The Hall–Kier alpha value is -1.59. The van der Waals surface area contributed by atoms with Gasteiger partial charge in [-0.25, -0.2) is 0 Å². The van der Waals surface area contributed by atoms with E-state index in [1.165, 1.54) is 109 Å². The largest absolute Gasteiger partial charge is 0.394 e. The molecule has 6 N–H and O–H groups in total. The van der Waals surface area contributed by atoms with Gasteiger partial charge in [0.2, 0.25) is 5.91 Å². The van der Waals surface area contributed by atoms with Crippen LogP contribution in [0.15, 0.2) is 36.5 Å². The van der Waals surface area contributed by atoms with Crippen molar-refractivity contribution in [2.24, 2.45) is 0 Å². The molecule has 1 fully saturated rings. The summed E-state index contributed by atoms with van der Waals surface area (Å²) in [6, 6.07) is -0.832. The van der Waals surface area contributed by atoms with Gasteiger partial charge in [0.05, 0.1) is 25.4 Å². The monoisotopic (exact) mass is 724 g/mol. The first kappa shape index (κ1) is 47.4. The minimum absolute atomic E-state index is 0.212. The molecule has 1 saturated heterocycles. The van der Waals surface area contributed by atoms with Crippen molar-refractivity contribution in [2.75, 3.05) is 13.2 Å². The zero-order valence-electron chi connectivity index (χ0n) is 32.4. The Labute approximate surface area is 311 Å². The lowest BCUT2D eigenvalue weighted by Gasteiger charge is -2.40. The number of rotatable bonds is 33. The maximum Gasteiger partial charge on any atom is 0.220 e. The van der Waals surface area contributed by atoms with Gasteiger partial charge in [-0.05, 0) is 51.4 Å². The van der Waals surface area contributed by atoms with Gasteiger partial charge in [0, 0.05) is 6.42 Å². The number of aliphatic hydroxyl groups is 5. The normalized spacial score (nSPS) is 22.4. The molecule has 0 aromatic heterocycles. The number of carbonyl (C=O) groups excluding carboxylic acids is 1. The quantitative estimate of drug-likeness (QED) is 0.0298. The Morgan fingerprint density at radius 3 is 1.67 bits per heavy atom. The zero-order chi connectivity index (χ0) is 37.4. The third-order valence-electron chi connectivity index (χ3n) is 9.69. The van der Waals surface area contributed by atoms with Crippen molar-refractivity contribution >= 4 is 5.91 Å². The second-order valence-corrected chi connectivity index (χ2v) is 14.4. The predicted octanol–water partition coefficient (Wildman–Crippen LogP) is 7.72. The summed E-state index contributed by atoms with van der Waals surface area (Å²) in [6.45, 7) is 3.68. The smallest absolute Gasteiger partial charge is 0.220 e. The van der Waals surface area contributed by atoms with Crippen molar-refractivity contribution < 1.29 is 39.8 Å². The number of allylic oxidation sites excluding steroid dienone is 5. The second-order valence-electron chi connectivity index (χ2n) is 14.4. The summed E-state index contributed by atoms with van der Waals surface area (Å²) in [6.07, 6.45) is 32.1. The highest BCUT2D eigenvalue weighted by atomic mass is 16.7. The summed E-state index contributed by atoms with van der Waals surface area (Å²) >= 11 is 0. The minimum atomic E-state index is -1.57. The van der Waals surface area contributed by atoms with E-state index in [0.29, 0.717) is 6.42 Å². The van der Waals surface area contributed by atoms with Gasteiger partial charge < -0.3 is 40.3 Å². The molecular weight excluding hydrogens is 646 g/mol. The molecule has 1 aliphatic rings. The summed E-state index contributed by atoms with van der Waals surface area (Å²) in [5, 5.41) is 53.9. The molecule has 7 unspecified atom stereocenters. The number of aliphatic hydroxyl groups excluding tert-OH is 5. The number of hydrogen-bond acceptors (Lipinski definition) is 8. The predicted molar refractivity (Wildman–Crippen MR) is 207 cm³/mol. The SMILES string of the molecule is CCCCCC/C=C\CCCC(=O)NC(COC1OC(CO)C(O)C(O)C1O)C(O)/C=C/CC/C=C/CCCCCCCCCCCCCCC. The van der Waals surface area contributed by atoms with Gasteiger partial charge in [-0.15, -0.1) is 0 Å². The molecule has 0 saturated carbocycles. The lowest BCUT2D eigenvalue weighted by Crippen LogP contribution is -2.60. The van der Waals surface area contributed by atoms with Crippen LogP contribution in [-0.4, -0.2) is 87.5 Å². The van der Waals surface area contributed by atoms with Crippen LogP contribution < -0.4 is 5.32 Å². The van der Waals surface area contributed by atoms with E-state index in [0.717, 1.165) is 32.1 Å². The number of hydrogen-bond donors (Lipinski definition) is 6. The lowest BCUT2D eigenvalue weighted by molar-refractivity contribution is -0.302. The van der Waals surface area contributed by atoms with Gasteiger partial charge in [0.15, 0.2) is 6.29 Å². The average molecular weight is 724 g/mol. The molecule has 9 nitrogen and oxygen atoms in total. The molecule has 9 heteroatoms. The average Bonchev–Trinajstić information content (AvgIpc) is 3.13. The number of unbranched alkanes of at least 4 members (excludes halogenated alkanes) is 19. The Balaban J connectivity index is 2.42. The summed E-state index contributed by atoms with van der Waals surface area (Å²) in [5.41, 5.74) is 0. The number of amides is 1. The molecule has 7 atom stereocenters. The van der Waals surface area contributed by atoms with Crippen LogP contribution in [0, 0.1) is 0 Å². The molecule has 1 aliphatic heterocycles. The fourth-order valence-electron chi connectivity index (χ4n) is 6.29. The van der Waals surface area contributed by atoms with Crippen LogP contribution in [0.5, 0.6) is 0 Å². The van der Waals surface area contributed by atoms with Crippen molar-refractivity contribution in [3.05, 3.63) is 36.5 Å². The van der Waals surface area contributed by atoms with Crippen molar-refractivity contribution in [1.29, 1.82) is 0 Å². The molecule has 0 aromatic carbocycles. The van der Waals surface area contributed by atoms with Crippen LogP contribution in [0.1, 0.15) is 168 Å². The molecule has 1 heterocycles.